The van der Waals surface area contributed by atoms with E-state index in [2.05, 4.69) is 10.0 Å². The molecule has 1 rings (SSSR count). The molecule has 0 aliphatic rings. The number of aromatic nitrogens is 1. The van der Waals surface area contributed by atoms with Crippen LogP contribution in [0.3, 0.4) is 0 Å². The Kier molecular flexibility index (Phi) is 4.74. The second-order valence-corrected chi connectivity index (χ2v) is 5.88. The lowest BCUT2D eigenvalue weighted by atomic mass is 10.3. The maximum absolute atomic E-state index is 11.7. The average Bonchev–Trinajstić information content (AvgIpc) is 2.55. The van der Waals surface area contributed by atoms with Crippen molar-refractivity contribution in [1.29, 1.82) is 0 Å². The number of hydrogen-bond acceptors (Lipinski definition) is 4. The average molecular weight is 274 g/mol. The first kappa shape index (κ1) is 14.5. The fraction of sp³-hybridized carbons (Fsp3) is 0.500. The normalized spacial score (nSPS) is 11.4. The molecule has 0 aromatic carbocycles. The molecule has 1 aromatic rings. The maximum Gasteiger partial charge on any atom is 0.267 e. The fourth-order valence-corrected chi connectivity index (χ4v) is 1.97. The number of nitrogens with two attached hydrogens (primary N) is 1. The largest absolute Gasteiger partial charge is 0.397 e. The van der Waals surface area contributed by atoms with Gasteiger partial charge in [-0.05, 0) is 12.5 Å². The van der Waals surface area contributed by atoms with E-state index in [1.165, 1.54) is 0 Å². The van der Waals surface area contributed by atoms with Gasteiger partial charge in [-0.1, -0.05) is 0 Å². The highest BCUT2D eigenvalue weighted by Crippen LogP contribution is 2.07. The van der Waals surface area contributed by atoms with E-state index in [1.54, 1.807) is 23.9 Å². The van der Waals surface area contributed by atoms with E-state index in [0.717, 1.165) is 6.26 Å². The van der Waals surface area contributed by atoms with Crippen LogP contribution in [0.25, 0.3) is 0 Å². The Balaban J connectivity index is 2.32. The zero-order chi connectivity index (χ0) is 13.8. The van der Waals surface area contributed by atoms with Gasteiger partial charge < -0.3 is 15.6 Å². The van der Waals surface area contributed by atoms with Crippen molar-refractivity contribution in [2.45, 2.75) is 6.42 Å². The van der Waals surface area contributed by atoms with Crippen LogP contribution in [0, 0.1) is 0 Å². The van der Waals surface area contributed by atoms with Crippen molar-refractivity contribution in [3.63, 3.8) is 0 Å². The van der Waals surface area contributed by atoms with E-state index in [0.29, 0.717) is 30.9 Å². The molecule has 18 heavy (non-hydrogen) atoms. The molecule has 0 saturated heterocycles. The lowest BCUT2D eigenvalue weighted by molar-refractivity contribution is 0.0945. The molecule has 0 aliphatic heterocycles. The van der Waals surface area contributed by atoms with Gasteiger partial charge in [-0.25, -0.2) is 13.1 Å². The summed E-state index contributed by atoms with van der Waals surface area (Å²) < 4.78 is 25.5. The van der Waals surface area contributed by atoms with E-state index in [1.807, 2.05) is 0 Å². The lowest BCUT2D eigenvalue weighted by Crippen LogP contribution is -2.30. The second kappa shape index (κ2) is 5.87. The highest BCUT2D eigenvalue weighted by atomic mass is 32.2. The van der Waals surface area contributed by atoms with Gasteiger partial charge in [0.1, 0.15) is 5.69 Å². The Morgan fingerprint density at radius 3 is 2.61 bits per heavy atom. The molecule has 0 bridgehead atoms. The van der Waals surface area contributed by atoms with Gasteiger partial charge in [0.25, 0.3) is 5.91 Å². The maximum atomic E-state index is 11.7. The lowest BCUT2D eigenvalue weighted by Gasteiger charge is -2.06. The molecule has 8 heteroatoms. The summed E-state index contributed by atoms with van der Waals surface area (Å²) in [6.45, 7) is 0.695. The van der Waals surface area contributed by atoms with Crippen LogP contribution >= 0.6 is 0 Å². The number of sulfonamides is 1. The van der Waals surface area contributed by atoms with Gasteiger partial charge in [0.05, 0.1) is 11.9 Å². The SMILES string of the molecule is Cn1cc(N)cc1C(=O)NCCCNS(C)(=O)=O. The Bertz CT molecular complexity index is 521. The molecule has 1 heterocycles. The van der Waals surface area contributed by atoms with Crippen LogP contribution in [0.15, 0.2) is 12.3 Å². The van der Waals surface area contributed by atoms with Gasteiger partial charge in [0.2, 0.25) is 10.0 Å². The highest BCUT2D eigenvalue weighted by molar-refractivity contribution is 7.88. The predicted octanol–water partition coefficient (Wildman–Crippen LogP) is -0.724. The van der Waals surface area contributed by atoms with E-state index in [-0.39, 0.29) is 5.91 Å². The molecule has 102 valence electrons. The van der Waals surface area contributed by atoms with E-state index in [9.17, 15) is 13.2 Å². The molecule has 1 amide bonds. The van der Waals surface area contributed by atoms with E-state index in [4.69, 9.17) is 5.73 Å². The quantitative estimate of drug-likeness (QED) is 0.595. The summed E-state index contributed by atoms with van der Waals surface area (Å²) in [5.74, 6) is -0.228. The molecule has 0 saturated carbocycles. The third-order valence-corrected chi connectivity index (χ3v) is 2.99. The van der Waals surface area contributed by atoms with Crippen molar-refractivity contribution in [3.8, 4) is 0 Å². The minimum Gasteiger partial charge on any atom is -0.397 e. The first-order valence-corrected chi connectivity index (χ1v) is 7.33. The molecule has 4 N–H and O–H groups in total. The van der Waals surface area contributed by atoms with Crippen molar-refractivity contribution in [2.24, 2.45) is 7.05 Å². The number of nitrogens with zero attached hydrogens (tertiary/aromatic N) is 1. The number of hydrogen-bond donors (Lipinski definition) is 3. The first-order chi connectivity index (χ1) is 8.29. The van der Waals surface area contributed by atoms with Crippen LogP contribution in [0.2, 0.25) is 0 Å². The van der Waals surface area contributed by atoms with Crippen molar-refractivity contribution in [1.82, 2.24) is 14.6 Å². The minimum absolute atomic E-state index is 0.228. The summed E-state index contributed by atoms with van der Waals surface area (Å²) >= 11 is 0. The number of carbonyl (C=O) groups is 1. The van der Waals surface area contributed by atoms with Crippen LogP contribution in [0.4, 0.5) is 5.69 Å². The molecule has 0 atom stereocenters. The summed E-state index contributed by atoms with van der Waals surface area (Å²) in [6.07, 6.45) is 3.27. The fourth-order valence-electron chi connectivity index (χ4n) is 1.45. The van der Waals surface area contributed by atoms with Crippen LogP contribution in [-0.2, 0) is 17.1 Å². The second-order valence-electron chi connectivity index (χ2n) is 4.05. The van der Waals surface area contributed by atoms with Crippen LogP contribution in [-0.4, -0.2) is 38.2 Å². The molecule has 0 radical (unpaired) electrons. The van der Waals surface area contributed by atoms with Crippen molar-refractivity contribution in [3.05, 3.63) is 18.0 Å². The monoisotopic (exact) mass is 274 g/mol. The molecule has 7 nitrogen and oxygen atoms in total. The number of carbonyl (C=O) groups excluding carboxylic acids is 1. The molecule has 0 fully saturated rings. The van der Waals surface area contributed by atoms with Crippen LogP contribution in [0.1, 0.15) is 16.9 Å². The predicted molar refractivity (Wildman–Crippen MR) is 69.6 cm³/mol. The third kappa shape index (κ3) is 4.76. The van der Waals surface area contributed by atoms with Gasteiger partial charge >= 0.3 is 0 Å². The number of amides is 1. The van der Waals surface area contributed by atoms with Crippen molar-refractivity contribution >= 4 is 21.6 Å². The Morgan fingerprint density at radius 2 is 2.11 bits per heavy atom. The number of nitrogen functional groups attached to an aromatic ring is 1. The first-order valence-electron chi connectivity index (χ1n) is 5.44. The number of rotatable bonds is 6. The summed E-state index contributed by atoms with van der Waals surface area (Å²) in [4.78, 5) is 11.7. The summed E-state index contributed by atoms with van der Waals surface area (Å²) in [5.41, 5.74) is 6.57. The Morgan fingerprint density at radius 1 is 1.44 bits per heavy atom. The molecule has 1 aromatic heterocycles. The smallest absolute Gasteiger partial charge is 0.267 e. The van der Waals surface area contributed by atoms with Crippen LogP contribution < -0.4 is 15.8 Å². The third-order valence-electron chi connectivity index (χ3n) is 2.26. The van der Waals surface area contributed by atoms with Gasteiger partial charge in [-0.15, -0.1) is 0 Å². The van der Waals surface area contributed by atoms with Gasteiger partial charge in [-0.2, -0.15) is 0 Å². The summed E-state index contributed by atoms with van der Waals surface area (Å²) in [5, 5.41) is 2.69. The van der Waals surface area contributed by atoms with E-state index < -0.39 is 10.0 Å². The molecular weight excluding hydrogens is 256 g/mol. The summed E-state index contributed by atoms with van der Waals surface area (Å²) in [6, 6.07) is 1.59. The number of anilines is 1. The van der Waals surface area contributed by atoms with Gasteiger partial charge in [0.15, 0.2) is 0 Å². The van der Waals surface area contributed by atoms with Gasteiger partial charge in [0, 0.05) is 26.3 Å². The van der Waals surface area contributed by atoms with Crippen molar-refractivity contribution in [2.75, 3.05) is 25.1 Å². The van der Waals surface area contributed by atoms with E-state index >= 15 is 0 Å². The Hall–Kier alpha value is -1.54. The minimum atomic E-state index is -3.16. The molecular formula is C10H18N4O3S. The standard InChI is InChI=1S/C10H18N4O3S/c1-14-7-8(11)6-9(14)10(15)12-4-3-5-13-18(2,16)17/h6-7,13H,3-5,11H2,1-2H3,(H,12,15). The van der Waals surface area contributed by atoms with Gasteiger partial charge in [-0.3, -0.25) is 4.79 Å². The molecule has 0 aliphatic carbocycles. The summed E-state index contributed by atoms with van der Waals surface area (Å²) in [7, 11) is -1.43. The zero-order valence-corrected chi connectivity index (χ0v) is 11.3. The molecule has 0 spiro atoms. The number of aryl methyl sites for hydroxylation is 1. The zero-order valence-electron chi connectivity index (χ0n) is 10.4. The number of nitrogens with one attached hydrogen (secondary N) is 2. The van der Waals surface area contributed by atoms with Crippen molar-refractivity contribution < 1.29 is 13.2 Å². The van der Waals surface area contributed by atoms with Crippen LogP contribution in [0.5, 0.6) is 0 Å². The topological polar surface area (TPSA) is 106 Å². The highest BCUT2D eigenvalue weighted by Gasteiger charge is 2.09. The molecule has 0 unspecified atom stereocenters. The Labute approximate surface area is 106 Å².